The van der Waals surface area contributed by atoms with Crippen molar-refractivity contribution in [1.82, 2.24) is 10.6 Å². The number of halogens is 1. The minimum absolute atomic E-state index is 0.0303. The van der Waals surface area contributed by atoms with E-state index in [0.717, 1.165) is 27.8 Å². The lowest BCUT2D eigenvalue weighted by Gasteiger charge is -2.23. The fourth-order valence-corrected chi connectivity index (χ4v) is 2.48. The Morgan fingerprint density at radius 1 is 1.61 bits per heavy atom. The van der Waals surface area contributed by atoms with Gasteiger partial charge in [-0.05, 0) is 41.1 Å². The molecule has 0 saturated carbocycles. The van der Waals surface area contributed by atoms with Gasteiger partial charge in [0, 0.05) is 23.2 Å². The molecular weight excluding hydrogens is 343 g/mol. The van der Waals surface area contributed by atoms with Crippen LogP contribution >= 0.6 is 22.6 Å². The standard InChI is InChI=1S/C13H17IN2O2/c1-9-3-2-4-11(12(9)14)13(17)16-8-10-7-15-5-6-18-10/h2-4,10,15H,5-8H2,1H3,(H,16,17). The Kier molecular flexibility index (Phi) is 4.96. The van der Waals surface area contributed by atoms with E-state index >= 15 is 0 Å². The van der Waals surface area contributed by atoms with Gasteiger partial charge in [-0.15, -0.1) is 0 Å². The lowest BCUT2D eigenvalue weighted by Crippen LogP contribution is -2.45. The van der Waals surface area contributed by atoms with Gasteiger partial charge >= 0.3 is 0 Å². The number of carbonyl (C=O) groups is 1. The Morgan fingerprint density at radius 2 is 2.44 bits per heavy atom. The number of nitrogens with one attached hydrogen (secondary N) is 2. The summed E-state index contributed by atoms with van der Waals surface area (Å²) in [5, 5.41) is 6.17. The van der Waals surface area contributed by atoms with Gasteiger partial charge in [0.2, 0.25) is 0 Å². The van der Waals surface area contributed by atoms with Gasteiger partial charge in [0.05, 0.1) is 18.3 Å². The van der Waals surface area contributed by atoms with Crippen LogP contribution in [0.2, 0.25) is 0 Å². The molecule has 0 aromatic heterocycles. The Balaban J connectivity index is 1.93. The van der Waals surface area contributed by atoms with Crippen molar-refractivity contribution in [3.63, 3.8) is 0 Å². The normalized spacial score (nSPS) is 19.6. The van der Waals surface area contributed by atoms with Gasteiger partial charge in [0.15, 0.2) is 0 Å². The molecule has 1 saturated heterocycles. The summed E-state index contributed by atoms with van der Waals surface area (Å²) in [6.45, 7) is 4.95. The third-order valence-corrected chi connectivity index (χ3v) is 4.36. The van der Waals surface area contributed by atoms with Crippen molar-refractivity contribution in [3.05, 3.63) is 32.9 Å². The predicted molar refractivity (Wildman–Crippen MR) is 78.8 cm³/mol. The number of carbonyl (C=O) groups excluding carboxylic acids is 1. The molecule has 0 bridgehead atoms. The van der Waals surface area contributed by atoms with Gasteiger partial charge in [0.25, 0.3) is 5.91 Å². The maximum atomic E-state index is 12.1. The highest BCUT2D eigenvalue weighted by Gasteiger charge is 2.16. The quantitative estimate of drug-likeness (QED) is 0.800. The minimum atomic E-state index is -0.0303. The average molecular weight is 360 g/mol. The highest BCUT2D eigenvalue weighted by molar-refractivity contribution is 14.1. The van der Waals surface area contributed by atoms with Crippen molar-refractivity contribution >= 4 is 28.5 Å². The van der Waals surface area contributed by atoms with E-state index in [9.17, 15) is 4.79 Å². The van der Waals surface area contributed by atoms with Crippen LogP contribution in [0.15, 0.2) is 18.2 Å². The van der Waals surface area contributed by atoms with Crippen LogP contribution in [-0.2, 0) is 4.74 Å². The molecule has 1 aliphatic heterocycles. The number of rotatable bonds is 3. The van der Waals surface area contributed by atoms with E-state index in [-0.39, 0.29) is 12.0 Å². The molecule has 1 atom stereocenters. The second-order valence-corrected chi connectivity index (χ2v) is 5.42. The molecule has 0 spiro atoms. The molecule has 5 heteroatoms. The van der Waals surface area contributed by atoms with Gasteiger partial charge in [0.1, 0.15) is 0 Å². The third kappa shape index (κ3) is 3.43. The molecule has 2 rings (SSSR count). The van der Waals surface area contributed by atoms with Gasteiger partial charge in [-0.3, -0.25) is 4.79 Å². The smallest absolute Gasteiger partial charge is 0.252 e. The molecule has 1 aromatic carbocycles. The number of morpholine rings is 1. The summed E-state index contributed by atoms with van der Waals surface area (Å²) in [6.07, 6.45) is 0.0742. The summed E-state index contributed by atoms with van der Waals surface area (Å²) < 4.78 is 6.55. The van der Waals surface area contributed by atoms with Crippen molar-refractivity contribution < 1.29 is 9.53 Å². The summed E-state index contributed by atoms with van der Waals surface area (Å²) in [4.78, 5) is 12.1. The number of benzene rings is 1. The van der Waals surface area contributed by atoms with E-state index in [1.54, 1.807) is 0 Å². The average Bonchev–Trinajstić information content (AvgIpc) is 2.40. The summed E-state index contributed by atoms with van der Waals surface area (Å²) in [7, 11) is 0. The Bertz CT molecular complexity index is 431. The lowest BCUT2D eigenvalue weighted by molar-refractivity contribution is 0.0287. The number of hydrogen-bond acceptors (Lipinski definition) is 3. The maximum Gasteiger partial charge on any atom is 0.252 e. The fourth-order valence-electron chi connectivity index (χ4n) is 1.88. The number of amides is 1. The van der Waals surface area contributed by atoms with E-state index in [2.05, 4.69) is 33.2 Å². The second kappa shape index (κ2) is 6.49. The van der Waals surface area contributed by atoms with E-state index in [0.29, 0.717) is 13.2 Å². The predicted octanol–water partition coefficient (Wildman–Crippen LogP) is 1.32. The molecule has 1 amide bonds. The van der Waals surface area contributed by atoms with Crippen LogP contribution in [0.5, 0.6) is 0 Å². The molecule has 0 radical (unpaired) electrons. The Labute approximate surface area is 121 Å². The molecule has 4 nitrogen and oxygen atoms in total. The van der Waals surface area contributed by atoms with Gasteiger partial charge in [-0.2, -0.15) is 0 Å². The molecular formula is C13H17IN2O2. The number of hydrogen-bond donors (Lipinski definition) is 2. The molecule has 1 aromatic rings. The summed E-state index contributed by atoms with van der Waals surface area (Å²) in [6, 6.07) is 5.77. The van der Waals surface area contributed by atoms with E-state index in [4.69, 9.17) is 4.74 Å². The zero-order valence-electron chi connectivity index (χ0n) is 10.3. The van der Waals surface area contributed by atoms with Crippen LogP contribution < -0.4 is 10.6 Å². The van der Waals surface area contributed by atoms with Gasteiger partial charge in [-0.1, -0.05) is 12.1 Å². The van der Waals surface area contributed by atoms with Crippen LogP contribution in [0.25, 0.3) is 0 Å². The topological polar surface area (TPSA) is 50.4 Å². The largest absolute Gasteiger partial charge is 0.374 e. The molecule has 2 N–H and O–H groups in total. The first-order chi connectivity index (χ1) is 8.68. The summed E-state index contributed by atoms with van der Waals surface area (Å²) in [5.41, 5.74) is 1.86. The van der Waals surface area contributed by atoms with E-state index < -0.39 is 0 Å². The zero-order valence-corrected chi connectivity index (χ0v) is 12.5. The van der Waals surface area contributed by atoms with Crippen molar-refractivity contribution in [2.45, 2.75) is 13.0 Å². The first kappa shape index (κ1) is 13.8. The third-order valence-electron chi connectivity index (χ3n) is 2.93. The summed E-state index contributed by atoms with van der Waals surface area (Å²) in [5.74, 6) is -0.0303. The van der Waals surface area contributed by atoms with Crippen LogP contribution in [0.1, 0.15) is 15.9 Å². The van der Waals surface area contributed by atoms with Crippen molar-refractivity contribution in [3.8, 4) is 0 Å². The summed E-state index contributed by atoms with van der Waals surface area (Å²) >= 11 is 2.21. The number of ether oxygens (including phenoxy) is 1. The first-order valence-corrected chi connectivity index (χ1v) is 7.12. The molecule has 1 aliphatic rings. The van der Waals surface area contributed by atoms with E-state index in [1.807, 2.05) is 25.1 Å². The molecule has 0 aliphatic carbocycles. The Hall–Kier alpha value is -0.660. The van der Waals surface area contributed by atoms with Crippen molar-refractivity contribution in [1.29, 1.82) is 0 Å². The second-order valence-electron chi connectivity index (χ2n) is 4.34. The maximum absolute atomic E-state index is 12.1. The highest BCUT2D eigenvalue weighted by atomic mass is 127. The highest BCUT2D eigenvalue weighted by Crippen LogP contribution is 2.16. The van der Waals surface area contributed by atoms with Crippen LogP contribution in [0.3, 0.4) is 0 Å². The molecule has 1 unspecified atom stereocenters. The minimum Gasteiger partial charge on any atom is -0.374 e. The fraction of sp³-hybridized carbons (Fsp3) is 0.462. The van der Waals surface area contributed by atoms with Crippen molar-refractivity contribution in [2.75, 3.05) is 26.2 Å². The van der Waals surface area contributed by atoms with Crippen molar-refractivity contribution in [2.24, 2.45) is 0 Å². The van der Waals surface area contributed by atoms with Gasteiger partial charge in [-0.25, -0.2) is 0 Å². The van der Waals surface area contributed by atoms with Crippen LogP contribution in [0, 0.1) is 10.5 Å². The number of aryl methyl sites for hydroxylation is 1. The molecule has 18 heavy (non-hydrogen) atoms. The monoisotopic (exact) mass is 360 g/mol. The van der Waals surface area contributed by atoms with Crippen LogP contribution in [-0.4, -0.2) is 38.3 Å². The zero-order chi connectivity index (χ0) is 13.0. The SMILES string of the molecule is Cc1cccc(C(=O)NCC2CNCCO2)c1I. The van der Waals surface area contributed by atoms with Crippen LogP contribution in [0.4, 0.5) is 0 Å². The molecule has 1 heterocycles. The first-order valence-electron chi connectivity index (χ1n) is 6.04. The molecule has 98 valence electrons. The lowest BCUT2D eigenvalue weighted by atomic mass is 10.1. The van der Waals surface area contributed by atoms with E-state index in [1.165, 1.54) is 0 Å². The molecule has 1 fully saturated rings. The Morgan fingerprint density at radius 3 is 3.17 bits per heavy atom. The van der Waals surface area contributed by atoms with Gasteiger partial charge < -0.3 is 15.4 Å².